The zero-order valence-corrected chi connectivity index (χ0v) is 36.0. The molecular weight excluding hydrogens is 833 g/mol. The van der Waals surface area contributed by atoms with Crippen LogP contribution in [0.2, 0.25) is 0 Å². The number of nitro groups is 1. The SMILES string of the molecule is CC(=O)c1c(C)c2cnc(Nc3ccc(N4CCN(CC(=O)NCCOCCC(=O)Nc5ccccc5C(=O)Nc5nc(C)c([N+](=O)[O-])s5)CC4)cn3)nc2n(C2CCCC2)c1=O. The number of amides is 3. The van der Waals surface area contributed by atoms with Crippen LogP contribution in [0.25, 0.3) is 11.0 Å². The fraction of sp³-hybridized carbons (Fsp3) is 0.405. The molecule has 2 aliphatic rings. The Balaban J connectivity index is 0.809. The molecular formula is C42H48N12O8S. The molecule has 1 saturated heterocycles. The van der Waals surface area contributed by atoms with Gasteiger partial charge in [0.15, 0.2) is 10.9 Å². The predicted octanol–water partition coefficient (Wildman–Crippen LogP) is 4.77. The number of carbonyl (C=O) groups excluding carboxylic acids is 4. The van der Waals surface area contributed by atoms with Gasteiger partial charge in [-0.2, -0.15) is 4.98 Å². The van der Waals surface area contributed by atoms with Crippen LogP contribution < -0.4 is 31.7 Å². The Hall–Kier alpha value is -6.71. The third-order valence-electron chi connectivity index (χ3n) is 11.0. The van der Waals surface area contributed by atoms with Gasteiger partial charge in [0.25, 0.3) is 11.5 Å². The summed E-state index contributed by atoms with van der Waals surface area (Å²) >= 11 is 0.748. The number of para-hydroxylation sites is 1. The van der Waals surface area contributed by atoms with E-state index in [4.69, 9.17) is 9.72 Å². The maximum Gasteiger partial charge on any atom is 0.348 e. The molecule has 20 nitrogen and oxygen atoms in total. The fourth-order valence-corrected chi connectivity index (χ4v) is 8.58. The van der Waals surface area contributed by atoms with E-state index in [1.165, 1.54) is 19.9 Å². The van der Waals surface area contributed by atoms with Crippen molar-refractivity contribution >= 4 is 79.1 Å². The summed E-state index contributed by atoms with van der Waals surface area (Å²) in [6.07, 6.45) is 7.19. The van der Waals surface area contributed by atoms with Crippen molar-refractivity contribution < 1.29 is 28.8 Å². The van der Waals surface area contributed by atoms with Gasteiger partial charge in [-0.25, -0.2) is 15.0 Å². The Morgan fingerprint density at radius 1 is 0.937 bits per heavy atom. The van der Waals surface area contributed by atoms with Crippen LogP contribution in [-0.4, -0.2) is 110 Å². The molecule has 0 unspecified atom stereocenters. The number of ether oxygens (including phenoxy) is 1. The first kappa shape index (κ1) is 44.3. The number of carbonyl (C=O) groups is 4. The summed E-state index contributed by atoms with van der Waals surface area (Å²) in [5, 5.41) is 23.0. The molecule has 7 rings (SSSR count). The molecule has 4 aromatic heterocycles. The van der Waals surface area contributed by atoms with Gasteiger partial charge >= 0.3 is 5.00 Å². The molecule has 0 bridgehead atoms. The lowest BCUT2D eigenvalue weighted by Crippen LogP contribution is -2.49. The van der Waals surface area contributed by atoms with E-state index < -0.39 is 10.8 Å². The quantitative estimate of drug-likeness (QED) is 0.0425. The molecule has 0 spiro atoms. The van der Waals surface area contributed by atoms with E-state index in [2.05, 4.69) is 46.0 Å². The van der Waals surface area contributed by atoms with Gasteiger partial charge in [-0.05, 0) is 74.8 Å². The van der Waals surface area contributed by atoms with E-state index >= 15 is 0 Å². The summed E-state index contributed by atoms with van der Waals surface area (Å²) in [6, 6.07) is 10.2. The maximum atomic E-state index is 13.5. The van der Waals surface area contributed by atoms with Gasteiger partial charge in [-0.15, -0.1) is 0 Å². The van der Waals surface area contributed by atoms with Crippen molar-refractivity contribution in [1.29, 1.82) is 0 Å². The van der Waals surface area contributed by atoms with Gasteiger partial charge in [0, 0.05) is 50.3 Å². The molecule has 1 saturated carbocycles. The van der Waals surface area contributed by atoms with Gasteiger partial charge in [0.05, 0.1) is 59.8 Å². The van der Waals surface area contributed by atoms with E-state index in [0.29, 0.717) is 54.5 Å². The van der Waals surface area contributed by atoms with Gasteiger partial charge in [-0.3, -0.25) is 48.9 Å². The van der Waals surface area contributed by atoms with Crippen LogP contribution in [-0.2, 0) is 14.3 Å². The molecule has 4 N–H and O–H groups in total. The monoisotopic (exact) mass is 880 g/mol. The number of rotatable bonds is 17. The number of nitrogens with one attached hydrogen (secondary N) is 4. The average molecular weight is 881 g/mol. The van der Waals surface area contributed by atoms with Crippen LogP contribution in [0.3, 0.4) is 0 Å². The third kappa shape index (κ3) is 10.7. The number of nitrogens with zero attached hydrogens (tertiary/aromatic N) is 8. The number of anilines is 5. The topological polar surface area (TPSA) is 249 Å². The smallest absolute Gasteiger partial charge is 0.348 e. The fourth-order valence-electron chi connectivity index (χ4n) is 7.80. The van der Waals surface area contributed by atoms with Gasteiger partial charge < -0.3 is 25.6 Å². The lowest BCUT2D eigenvalue weighted by molar-refractivity contribution is -0.380. The molecule has 5 heterocycles. The van der Waals surface area contributed by atoms with E-state index in [1.54, 1.807) is 42.1 Å². The average Bonchev–Trinajstić information content (AvgIpc) is 3.92. The highest BCUT2D eigenvalue weighted by Gasteiger charge is 2.27. The number of hydrogen-bond donors (Lipinski definition) is 4. The largest absolute Gasteiger partial charge is 0.379 e. The first-order chi connectivity index (χ1) is 30.4. The normalized spacial score (nSPS) is 14.4. The third-order valence-corrected chi connectivity index (χ3v) is 12.0. The summed E-state index contributed by atoms with van der Waals surface area (Å²) in [6.45, 7) is 8.23. The molecule has 0 radical (unpaired) electrons. The molecule has 1 aliphatic heterocycles. The lowest BCUT2D eigenvalue weighted by atomic mass is 10.0. The molecule has 3 amide bonds. The van der Waals surface area contributed by atoms with Crippen LogP contribution in [0, 0.1) is 24.0 Å². The van der Waals surface area contributed by atoms with Crippen LogP contribution in [0.5, 0.6) is 0 Å². The van der Waals surface area contributed by atoms with Crippen molar-refractivity contribution in [3.05, 3.63) is 91.6 Å². The second-order valence-electron chi connectivity index (χ2n) is 15.3. The lowest BCUT2D eigenvalue weighted by Gasteiger charge is -2.35. The molecule has 21 heteroatoms. The number of thiazole rings is 1. The number of hydrogen-bond acceptors (Lipinski definition) is 16. The van der Waals surface area contributed by atoms with E-state index in [0.717, 1.165) is 42.7 Å². The van der Waals surface area contributed by atoms with Gasteiger partial charge in [0.2, 0.25) is 17.8 Å². The molecule has 63 heavy (non-hydrogen) atoms. The van der Waals surface area contributed by atoms with Crippen LogP contribution >= 0.6 is 11.3 Å². The zero-order valence-electron chi connectivity index (χ0n) is 35.1. The van der Waals surface area contributed by atoms with Crippen molar-refractivity contribution in [3.8, 4) is 0 Å². The van der Waals surface area contributed by atoms with Crippen molar-refractivity contribution in [2.24, 2.45) is 0 Å². The molecule has 330 valence electrons. The van der Waals surface area contributed by atoms with Crippen LogP contribution in [0.1, 0.15) is 77.0 Å². The van der Waals surface area contributed by atoms with Crippen molar-refractivity contribution in [2.75, 3.05) is 73.3 Å². The van der Waals surface area contributed by atoms with Crippen molar-refractivity contribution in [1.82, 2.24) is 34.7 Å². The highest BCUT2D eigenvalue weighted by molar-refractivity contribution is 7.19. The highest BCUT2D eigenvalue weighted by atomic mass is 32.1. The Labute approximate surface area is 365 Å². The summed E-state index contributed by atoms with van der Waals surface area (Å²) in [4.78, 5) is 96.9. The first-order valence-corrected chi connectivity index (χ1v) is 21.5. The zero-order chi connectivity index (χ0) is 44.6. The molecule has 0 atom stereocenters. The number of Topliss-reactive ketones (excluding diaryl/α,β-unsaturated/α-hetero) is 1. The minimum Gasteiger partial charge on any atom is -0.379 e. The predicted molar refractivity (Wildman–Crippen MR) is 237 cm³/mol. The van der Waals surface area contributed by atoms with Crippen molar-refractivity contribution in [2.45, 2.75) is 58.9 Å². The van der Waals surface area contributed by atoms with Crippen LogP contribution in [0.15, 0.2) is 53.6 Å². The first-order valence-electron chi connectivity index (χ1n) is 20.7. The molecule has 1 aliphatic carbocycles. The number of aromatic nitrogens is 5. The molecule has 2 fully saturated rings. The minimum absolute atomic E-state index is 0.00857. The number of piperazine rings is 1. The Morgan fingerprint density at radius 2 is 1.70 bits per heavy atom. The van der Waals surface area contributed by atoms with Gasteiger partial charge in [0.1, 0.15) is 17.2 Å². The Kier molecular flexibility index (Phi) is 14.1. The molecule has 1 aromatic carbocycles. The Bertz CT molecular complexity index is 2580. The Morgan fingerprint density at radius 3 is 2.40 bits per heavy atom. The number of fused-ring (bicyclic) bond motifs is 1. The van der Waals surface area contributed by atoms with Crippen LogP contribution in [0.4, 0.5) is 33.3 Å². The van der Waals surface area contributed by atoms with E-state index in [-0.39, 0.29) is 94.6 Å². The summed E-state index contributed by atoms with van der Waals surface area (Å²) in [7, 11) is 0. The molecule has 5 aromatic rings. The van der Waals surface area contributed by atoms with Gasteiger partial charge in [-0.1, -0.05) is 25.0 Å². The van der Waals surface area contributed by atoms with Crippen molar-refractivity contribution in [3.63, 3.8) is 0 Å². The minimum atomic E-state index is -0.577. The summed E-state index contributed by atoms with van der Waals surface area (Å²) in [5.74, 6) is -0.519. The number of pyridine rings is 2. The number of benzene rings is 1. The standard InChI is InChI=1S/C42H48N12O8S/c1-25-31-23-45-41(49-37(31)53(28-8-4-5-9-28)39(59)36(25)27(3)55)48-33-13-12-29(22-44-33)52-18-16-51(17-19-52)24-35(57)43-15-21-62-20-14-34(56)47-32-11-7-6-10-30(32)38(58)50-42-46-26(2)40(63-42)54(60)61/h6-7,10-13,22-23,28H,4-5,8-9,14-21,24H2,1-3H3,(H,43,57)(H,47,56)(H,46,50,58)(H,44,45,48,49). The number of ketones is 1. The van der Waals surface area contributed by atoms with E-state index in [1.807, 2.05) is 12.1 Å². The summed E-state index contributed by atoms with van der Waals surface area (Å²) < 4.78 is 7.24. The second kappa shape index (κ2) is 20.0. The number of aryl methyl sites for hydroxylation is 2. The van der Waals surface area contributed by atoms with E-state index in [9.17, 15) is 34.1 Å². The highest BCUT2D eigenvalue weighted by Crippen LogP contribution is 2.33. The second-order valence-corrected chi connectivity index (χ2v) is 16.3. The maximum absolute atomic E-state index is 13.5. The summed E-state index contributed by atoms with van der Waals surface area (Å²) in [5.41, 5.74) is 2.54.